The van der Waals surface area contributed by atoms with Crippen LogP contribution in [0.2, 0.25) is 0 Å². The Morgan fingerprint density at radius 1 is 1.00 bits per heavy atom. The number of nitrogen functional groups attached to an aromatic ring is 1. The first-order valence-electron chi connectivity index (χ1n) is 9.58. The zero-order chi connectivity index (χ0) is 19.6. The number of hydrogen-bond acceptors (Lipinski definition) is 5. The lowest BCUT2D eigenvalue weighted by Gasteiger charge is -2.11. The van der Waals surface area contributed by atoms with Crippen LogP contribution in [0.5, 0.6) is 0 Å². The van der Waals surface area contributed by atoms with E-state index in [0.717, 1.165) is 47.2 Å². The van der Waals surface area contributed by atoms with Gasteiger partial charge in [0.15, 0.2) is 0 Å². The van der Waals surface area contributed by atoms with Gasteiger partial charge in [0.2, 0.25) is 5.95 Å². The van der Waals surface area contributed by atoms with Gasteiger partial charge in [0.05, 0.1) is 11.7 Å². The third kappa shape index (κ3) is 3.50. The quantitative estimate of drug-likeness (QED) is 0.358. The minimum atomic E-state index is 0.272. The highest BCUT2D eigenvalue weighted by Gasteiger charge is 2.09. The minimum absolute atomic E-state index is 0.272. The number of H-pyrrole nitrogens is 2. The lowest BCUT2D eigenvalue weighted by atomic mass is 10.0. The van der Waals surface area contributed by atoms with Crippen molar-refractivity contribution in [2.45, 2.75) is 12.8 Å². The average molecular weight is 383 g/mol. The van der Waals surface area contributed by atoms with Gasteiger partial charge in [0, 0.05) is 47.2 Å². The van der Waals surface area contributed by atoms with E-state index in [4.69, 9.17) is 5.73 Å². The Hall–Kier alpha value is -3.87. The number of nitrogens with two attached hydrogens (primary N) is 1. The molecule has 0 saturated heterocycles. The molecule has 0 unspecified atom stereocenters. The zero-order valence-electron chi connectivity index (χ0n) is 15.8. The summed E-state index contributed by atoms with van der Waals surface area (Å²) in [5.74, 6) is 1.05. The molecule has 0 radical (unpaired) electrons. The lowest BCUT2D eigenvalue weighted by Crippen LogP contribution is -2.11. The number of aromatic nitrogens is 5. The van der Waals surface area contributed by atoms with Crippen molar-refractivity contribution in [3.63, 3.8) is 0 Å². The maximum Gasteiger partial charge on any atom is 0.221 e. The van der Waals surface area contributed by atoms with Crippen LogP contribution in [0.15, 0.2) is 61.1 Å². The summed E-state index contributed by atoms with van der Waals surface area (Å²) in [7, 11) is 0. The summed E-state index contributed by atoms with van der Waals surface area (Å²) in [6.07, 6.45) is 7.31. The highest BCUT2D eigenvalue weighted by atomic mass is 15.1. The maximum absolute atomic E-state index is 5.84. The topological polar surface area (TPSA) is 108 Å². The molecule has 0 aliphatic carbocycles. The summed E-state index contributed by atoms with van der Waals surface area (Å²) in [6.45, 7) is 0.756. The number of fused-ring (bicyclic) bond motifs is 2. The molecule has 144 valence electrons. The minimum Gasteiger partial charge on any atom is -0.369 e. The van der Waals surface area contributed by atoms with Crippen LogP contribution in [0, 0.1) is 0 Å². The SMILES string of the molecule is Nc1ncc(Cc2ccc3[nH]ncc3c2)c(NCCc2c[nH]c3ccccc23)n1. The second-order valence-corrected chi connectivity index (χ2v) is 7.11. The molecule has 0 spiro atoms. The van der Waals surface area contributed by atoms with Crippen LogP contribution in [-0.4, -0.2) is 31.7 Å². The van der Waals surface area contributed by atoms with Gasteiger partial charge in [-0.1, -0.05) is 24.3 Å². The predicted molar refractivity (Wildman–Crippen MR) is 116 cm³/mol. The van der Waals surface area contributed by atoms with Crippen LogP contribution in [0.25, 0.3) is 21.8 Å². The standard InChI is InChI=1S/C22H21N7/c23-22-26-12-17(10-14-5-6-19-16(9-14)13-27-29-19)21(28-22)24-8-7-15-11-25-20-4-2-1-3-18(15)20/h1-6,9,11-13,25H,7-8,10H2,(H,27,29)(H3,23,24,26,28). The van der Waals surface area contributed by atoms with E-state index in [9.17, 15) is 0 Å². The van der Waals surface area contributed by atoms with Crippen molar-refractivity contribution in [1.82, 2.24) is 25.1 Å². The number of nitrogens with one attached hydrogen (secondary N) is 3. The van der Waals surface area contributed by atoms with E-state index >= 15 is 0 Å². The second-order valence-electron chi connectivity index (χ2n) is 7.11. The monoisotopic (exact) mass is 383 g/mol. The molecule has 0 atom stereocenters. The molecule has 0 aliphatic heterocycles. The van der Waals surface area contributed by atoms with Gasteiger partial charge in [0.25, 0.3) is 0 Å². The van der Waals surface area contributed by atoms with E-state index in [1.54, 1.807) is 6.20 Å². The van der Waals surface area contributed by atoms with Crippen molar-refractivity contribution in [3.8, 4) is 0 Å². The van der Waals surface area contributed by atoms with Crippen LogP contribution < -0.4 is 11.1 Å². The molecule has 29 heavy (non-hydrogen) atoms. The van der Waals surface area contributed by atoms with Crippen LogP contribution in [-0.2, 0) is 12.8 Å². The zero-order valence-corrected chi connectivity index (χ0v) is 15.8. The van der Waals surface area contributed by atoms with Crippen LogP contribution in [0.3, 0.4) is 0 Å². The highest BCUT2D eigenvalue weighted by molar-refractivity contribution is 5.83. The van der Waals surface area contributed by atoms with Gasteiger partial charge in [-0.15, -0.1) is 0 Å². The molecule has 5 aromatic rings. The van der Waals surface area contributed by atoms with Gasteiger partial charge in [0.1, 0.15) is 5.82 Å². The van der Waals surface area contributed by atoms with Crippen LogP contribution in [0.1, 0.15) is 16.7 Å². The van der Waals surface area contributed by atoms with Crippen LogP contribution in [0.4, 0.5) is 11.8 Å². The largest absolute Gasteiger partial charge is 0.369 e. The Balaban J connectivity index is 1.33. The summed E-state index contributed by atoms with van der Waals surface area (Å²) >= 11 is 0. The van der Waals surface area contributed by atoms with E-state index in [1.807, 2.05) is 18.3 Å². The van der Waals surface area contributed by atoms with Crippen molar-refractivity contribution >= 4 is 33.6 Å². The predicted octanol–water partition coefficient (Wildman–Crippen LogP) is 3.66. The number of benzene rings is 2. The van der Waals surface area contributed by atoms with Gasteiger partial charge in [-0.2, -0.15) is 10.1 Å². The number of para-hydroxylation sites is 1. The molecule has 0 saturated carbocycles. The highest BCUT2D eigenvalue weighted by Crippen LogP contribution is 2.21. The summed E-state index contributed by atoms with van der Waals surface area (Å²) in [5, 5.41) is 12.9. The van der Waals surface area contributed by atoms with Crippen molar-refractivity contribution in [2.24, 2.45) is 0 Å². The normalized spacial score (nSPS) is 11.3. The molecule has 0 fully saturated rings. The van der Waals surface area contributed by atoms with E-state index in [2.05, 4.69) is 67.0 Å². The van der Waals surface area contributed by atoms with Gasteiger partial charge in [-0.3, -0.25) is 5.10 Å². The first kappa shape index (κ1) is 17.2. The molecule has 5 rings (SSSR count). The van der Waals surface area contributed by atoms with Gasteiger partial charge >= 0.3 is 0 Å². The number of anilines is 2. The molecular formula is C22H21N7. The molecule has 5 N–H and O–H groups in total. The smallest absolute Gasteiger partial charge is 0.221 e. The van der Waals surface area contributed by atoms with Crippen molar-refractivity contribution in [1.29, 1.82) is 0 Å². The number of rotatable bonds is 6. The summed E-state index contributed by atoms with van der Waals surface area (Å²) in [5.41, 5.74) is 11.5. The number of nitrogens with zero attached hydrogens (tertiary/aromatic N) is 3. The Bertz CT molecular complexity index is 1280. The molecule has 2 aromatic carbocycles. The van der Waals surface area contributed by atoms with Gasteiger partial charge < -0.3 is 16.0 Å². The molecular weight excluding hydrogens is 362 g/mol. The molecule has 3 aromatic heterocycles. The fourth-order valence-electron chi connectivity index (χ4n) is 3.68. The average Bonchev–Trinajstić information content (AvgIpc) is 3.37. The summed E-state index contributed by atoms with van der Waals surface area (Å²) < 4.78 is 0. The Morgan fingerprint density at radius 2 is 1.93 bits per heavy atom. The van der Waals surface area contributed by atoms with E-state index in [0.29, 0.717) is 0 Å². The lowest BCUT2D eigenvalue weighted by molar-refractivity contribution is 0.990. The van der Waals surface area contributed by atoms with Crippen molar-refractivity contribution in [2.75, 3.05) is 17.6 Å². The molecule has 3 heterocycles. The van der Waals surface area contributed by atoms with Crippen LogP contribution >= 0.6 is 0 Å². The first-order chi connectivity index (χ1) is 14.3. The molecule has 7 heteroatoms. The summed E-state index contributed by atoms with van der Waals surface area (Å²) in [6, 6.07) is 14.6. The van der Waals surface area contributed by atoms with Gasteiger partial charge in [-0.05, 0) is 35.7 Å². The third-order valence-electron chi connectivity index (χ3n) is 5.14. The second kappa shape index (κ2) is 7.27. The Kier molecular flexibility index (Phi) is 4.32. The Morgan fingerprint density at radius 3 is 2.90 bits per heavy atom. The molecule has 0 bridgehead atoms. The third-order valence-corrected chi connectivity index (χ3v) is 5.14. The molecule has 7 nitrogen and oxygen atoms in total. The van der Waals surface area contributed by atoms with Gasteiger partial charge in [-0.25, -0.2) is 4.98 Å². The molecule has 0 amide bonds. The fraction of sp³-hybridized carbons (Fsp3) is 0.136. The van der Waals surface area contributed by atoms with E-state index in [-0.39, 0.29) is 5.95 Å². The van der Waals surface area contributed by atoms with Crippen molar-refractivity contribution < 1.29 is 0 Å². The van der Waals surface area contributed by atoms with E-state index in [1.165, 1.54) is 16.5 Å². The number of hydrogen-bond donors (Lipinski definition) is 4. The molecule has 0 aliphatic rings. The summed E-state index contributed by atoms with van der Waals surface area (Å²) in [4.78, 5) is 11.9. The van der Waals surface area contributed by atoms with E-state index < -0.39 is 0 Å². The Labute approximate surface area is 167 Å². The fourth-order valence-corrected chi connectivity index (χ4v) is 3.68. The maximum atomic E-state index is 5.84. The van der Waals surface area contributed by atoms with Crippen molar-refractivity contribution in [3.05, 3.63) is 77.7 Å². The number of aromatic amines is 2. The first-order valence-corrected chi connectivity index (χ1v) is 9.58.